The Morgan fingerprint density at radius 2 is 1.70 bits per heavy atom. The van der Waals surface area contributed by atoms with Crippen molar-refractivity contribution < 1.29 is 9.21 Å². The molecule has 0 unspecified atom stereocenters. The predicted molar refractivity (Wildman–Crippen MR) is 108 cm³/mol. The summed E-state index contributed by atoms with van der Waals surface area (Å²) in [5.41, 5.74) is 6.99. The molecule has 0 radical (unpaired) electrons. The zero-order valence-corrected chi connectivity index (χ0v) is 16.1. The lowest BCUT2D eigenvalue weighted by molar-refractivity contribution is 0.0948. The van der Waals surface area contributed by atoms with Gasteiger partial charge in [-0.15, -0.1) is 0 Å². The molecule has 0 saturated carbocycles. The largest absolute Gasteiger partial charge is 0.467 e. The van der Waals surface area contributed by atoms with E-state index in [0.717, 1.165) is 17.9 Å². The molecule has 0 fully saturated rings. The Labute approximate surface area is 160 Å². The lowest BCUT2D eigenvalue weighted by atomic mass is 10.0. The van der Waals surface area contributed by atoms with Gasteiger partial charge in [-0.1, -0.05) is 24.3 Å². The summed E-state index contributed by atoms with van der Waals surface area (Å²) >= 11 is 0. The van der Waals surface area contributed by atoms with Crippen molar-refractivity contribution in [1.82, 2.24) is 10.6 Å². The van der Waals surface area contributed by atoms with Crippen LogP contribution in [0.5, 0.6) is 0 Å². The first-order chi connectivity index (χ1) is 13.0. The minimum atomic E-state index is -0.0988. The molecule has 0 bridgehead atoms. The van der Waals surface area contributed by atoms with Gasteiger partial charge in [0.2, 0.25) is 0 Å². The van der Waals surface area contributed by atoms with Gasteiger partial charge in [-0.05, 0) is 72.9 Å². The van der Waals surface area contributed by atoms with Gasteiger partial charge in [0.05, 0.1) is 12.8 Å². The molecule has 4 nitrogen and oxygen atoms in total. The normalized spacial score (nSPS) is 10.8. The first kappa shape index (κ1) is 18.9. The topological polar surface area (TPSA) is 54.3 Å². The summed E-state index contributed by atoms with van der Waals surface area (Å²) in [7, 11) is 0. The molecular formula is C23H26N2O2. The molecule has 0 aliphatic rings. The van der Waals surface area contributed by atoms with E-state index in [0.29, 0.717) is 18.7 Å². The maximum atomic E-state index is 12.3. The summed E-state index contributed by atoms with van der Waals surface area (Å²) in [6.07, 6.45) is 1.60. The molecule has 0 spiro atoms. The third-order valence-corrected chi connectivity index (χ3v) is 4.79. The maximum Gasteiger partial charge on any atom is 0.251 e. The third kappa shape index (κ3) is 5.08. The highest BCUT2D eigenvalue weighted by Crippen LogP contribution is 2.15. The second-order valence-corrected chi connectivity index (χ2v) is 6.93. The summed E-state index contributed by atoms with van der Waals surface area (Å²) < 4.78 is 5.24. The number of furan rings is 1. The van der Waals surface area contributed by atoms with Crippen LogP contribution >= 0.6 is 0 Å². The molecule has 0 aliphatic heterocycles. The molecule has 2 aromatic carbocycles. The third-order valence-electron chi connectivity index (χ3n) is 4.79. The Balaban J connectivity index is 1.56. The number of aryl methyl sites for hydroxylation is 3. The molecule has 1 heterocycles. The molecule has 1 amide bonds. The SMILES string of the molecule is Cc1cc(C)c(CNCc2cccc(C(=O)NCc3ccco3)c2)cc1C. The van der Waals surface area contributed by atoms with E-state index in [9.17, 15) is 4.79 Å². The molecule has 4 heteroatoms. The van der Waals surface area contributed by atoms with Crippen molar-refractivity contribution in [3.8, 4) is 0 Å². The van der Waals surface area contributed by atoms with Crippen molar-refractivity contribution in [1.29, 1.82) is 0 Å². The molecule has 1 aromatic heterocycles. The standard InChI is InChI=1S/C23H26N2O2/c1-16-10-18(3)21(11-17(16)2)14-24-13-19-6-4-7-20(12-19)23(26)25-15-22-8-5-9-27-22/h4-12,24H,13-15H2,1-3H3,(H,25,26). The Morgan fingerprint density at radius 3 is 2.48 bits per heavy atom. The second-order valence-electron chi connectivity index (χ2n) is 6.93. The molecular weight excluding hydrogens is 336 g/mol. The van der Waals surface area contributed by atoms with E-state index in [1.54, 1.807) is 6.26 Å². The number of nitrogens with one attached hydrogen (secondary N) is 2. The van der Waals surface area contributed by atoms with Crippen molar-refractivity contribution in [2.75, 3.05) is 0 Å². The van der Waals surface area contributed by atoms with Crippen LogP contribution < -0.4 is 10.6 Å². The van der Waals surface area contributed by atoms with E-state index in [-0.39, 0.29) is 5.91 Å². The average Bonchev–Trinajstić information content (AvgIpc) is 3.18. The molecule has 140 valence electrons. The number of hydrogen-bond acceptors (Lipinski definition) is 3. The summed E-state index contributed by atoms with van der Waals surface area (Å²) in [5.74, 6) is 0.642. The van der Waals surface area contributed by atoms with Crippen molar-refractivity contribution >= 4 is 5.91 Å². The lowest BCUT2D eigenvalue weighted by Gasteiger charge is -2.11. The summed E-state index contributed by atoms with van der Waals surface area (Å²) in [6, 6.07) is 15.8. The van der Waals surface area contributed by atoms with Crippen LogP contribution in [0.3, 0.4) is 0 Å². The van der Waals surface area contributed by atoms with Crippen molar-refractivity contribution in [2.24, 2.45) is 0 Å². The second kappa shape index (κ2) is 8.69. The molecule has 0 atom stereocenters. The number of hydrogen-bond donors (Lipinski definition) is 2. The molecule has 0 saturated heterocycles. The monoisotopic (exact) mass is 362 g/mol. The zero-order valence-electron chi connectivity index (χ0n) is 16.1. The fourth-order valence-electron chi connectivity index (χ4n) is 3.06. The summed E-state index contributed by atoms with van der Waals surface area (Å²) in [4.78, 5) is 12.3. The van der Waals surface area contributed by atoms with Crippen LogP contribution in [0.2, 0.25) is 0 Å². The van der Waals surface area contributed by atoms with Gasteiger partial charge in [-0.25, -0.2) is 0 Å². The van der Waals surface area contributed by atoms with Gasteiger partial charge in [0.1, 0.15) is 5.76 Å². The van der Waals surface area contributed by atoms with Gasteiger partial charge in [-0.3, -0.25) is 4.79 Å². The predicted octanol–water partition coefficient (Wildman–Crippen LogP) is 4.42. The quantitative estimate of drug-likeness (QED) is 0.654. The van der Waals surface area contributed by atoms with Gasteiger partial charge >= 0.3 is 0 Å². The summed E-state index contributed by atoms with van der Waals surface area (Å²) in [6.45, 7) is 8.34. The highest BCUT2D eigenvalue weighted by Gasteiger charge is 2.07. The van der Waals surface area contributed by atoms with E-state index < -0.39 is 0 Å². The van der Waals surface area contributed by atoms with Crippen molar-refractivity contribution in [3.05, 3.63) is 93.9 Å². The summed E-state index contributed by atoms with van der Waals surface area (Å²) in [5, 5.41) is 6.36. The average molecular weight is 362 g/mol. The van der Waals surface area contributed by atoms with Gasteiger partial charge in [0.25, 0.3) is 5.91 Å². The van der Waals surface area contributed by atoms with Crippen LogP contribution in [-0.4, -0.2) is 5.91 Å². The Bertz CT molecular complexity index is 914. The number of carbonyl (C=O) groups excluding carboxylic acids is 1. The van der Waals surface area contributed by atoms with Crippen LogP contribution in [-0.2, 0) is 19.6 Å². The zero-order chi connectivity index (χ0) is 19.2. The van der Waals surface area contributed by atoms with E-state index >= 15 is 0 Å². The van der Waals surface area contributed by atoms with Gasteiger partial charge in [-0.2, -0.15) is 0 Å². The van der Waals surface area contributed by atoms with E-state index in [2.05, 4.69) is 43.5 Å². The van der Waals surface area contributed by atoms with Crippen LogP contribution in [0, 0.1) is 20.8 Å². The molecule has 27 heavy (non-hydrogen) atoms. The number of benzene rings is 2. The van der Waals surface area contributed by atoms with Gasteiger partial charge in [0.15, 0.2) is 0 Å². The minimum absolute atomic E-state index is 0.0988. The Kier molecular flexibility index (Phi) is 6.09. The first-order valence-corrected chi connectivity index (χ1v) is 9.20. The Hall–Kier alpha value is -2.85. The number of carbonyl (C=O) groups is 1. The minimum Gasteiger partial charge on any atom is -0.467 e. The molecule has 3 aromatic rings. The van der Waals surface area contributed by atoms with E-state index in [1.165, 1.54) is 22.3 Å². The molecule has 3 rings (SSSR count). The number of rotatable bonds is 7. The van der Waals surface area contributed by atoms with Crippen LogP contribution in [0.4, 0.5) is 0 Å². The van der Waals surface area contributed by atoms with E-state index in [1.807, 2.05) is 36.4 Å². The van der Waals surface area contributed by atoms with Crippen LogP contribution in [0.1, 0.15) is 43.9 Å². The lowest BCUT2D eigenvalue weighted by Crippen LogP contribution is -2.23. The molecule has 0 aliphatic carbocycles. The van der Waals surface area contributed by atoms with Gasteiger partial charge in [0, 0.05) is 18.7 Å². The molecule has 2 N–H and O–H groups in total. The Morgan fingerprint density at radius 1 is 0.889 bits per heavy atom. The highest BCUT2D eigenvalue weighted by molar-refractivity contribution is 5.94. The van der Waals surface area contributed by atoms with Crippen molar-refractivity contribution in [2.45, 2.75) is 40.4 Å². The van der Waals surface area contributed by atoms with Crippen molar-refractivity contribution in [3.63, 3.8) is 0 Å². The number of amides is 1. The van der Waals surface area contributed by atoms with Crippen LogP contribution in [0.15, 0.2) is 59.2 Å². The smallest absolute Gasteiger partial charge is 0.251 e. The van der Waals surface area contributed by atoms with Gasteiger partial charge < -0.3 is 15.1 Å². The first-order valence-electron chi connectivity index (χ1n) is 9.20. The highest BCUT2D eigenvalue weighted by atomic mass is 16.3. The fraction of sp³-hybridized carbons (Fsp3) is 0.261. The fourth-order valence-corrected chi connectivity index (χ4v) is 3.06. The maximum absolute atomic E-state index is 12.3. The van der Waals surface area contributed by atoms with E-state index in [4.69, 9.17) is 4.42 Å². The van der Waals surface area contributed by atoms with Crippen LogP contribution in [0.25, 0.3) is 0 Å².